The third-order valence-corrected chi connectivity index (χ3v) is 3.08. The van der Waals surface area contributed by atoms with Crippen molar-refractivity contribution < 1.29 is 4.74 Å². The molecule has 0 amide bonds. The number of rotatable bonds is 2. The van der Waals surface area contributed by atoms with Crippen molar-refractivity contribution >= 4 is 11.5 Å². The lowest BCUT2D eigenvalue weighted by Crippen LogP contribution is -2.37. The second-order valence-electron chi connectivity index (χ2n) is 4.17. The molecule has 5 nitrogen and oxygen atoms in total. The first-order valence-electron chi connectivity index (χ1n) is 5.68. The number of nitrogens with zero attached hydrogens (tertiary/aromatic N) is 3. The van der Waals surface area contributed by atoms with E-state index in [-0.39, 0.29) is 0 Å². The predicted octanol–water partition coefficient (Wildman–Crippen LogP) is 1.15. The number of methoxy groups -OCH3 is 1. The van der Waals surface area contributed by atoms with E-state index in [4.69, 9.17) is 15.7 Å². The van der Waals surface area contributed by atoms with Crippen molar-refractivity contribution in [3.63, 3.8) is 0 Å². The number of nitriles is 1. The van der Waals surface area contributed by atoms with Crippen LogP contribution in [-0.4, -0.2) is 31.3 Å². The van der Waals surface area contributed by atoms with Crippen molar-refractivity contribution in [3.8, 4) is 6.07 Å². The molecule has 1 aliphatic heterocycles. The number of nitrogen functional groups attached to an aromatic ring is 1. The molecule has 0 bridgehead atoms. The van der Waals surface area contributed by atoms with Crippen LogP contribution in [0, 0.1) is 11.3 Å². The van der Waals surface area contributed by atoms with Crippen molar-refractivity contribution in [2.75, 3.05) is 30.8 Å². The summed E-state index contributed by atoms with van der Waals surface area (Å²) in [6, 6.07) is 3.81. The quantitative estimate of drug-likeness (QED) is 0.827. The fourth-order valence-corrected chi connectivity index (χ4v) is 2.11. The maximum Gasteiger partial charge on any atom is 0.146 e. The first-order chi connectivity index (χ1) is 8.24. The standard InChI is InChI=1S/C12H16N4O/c1-17-11-2-4-16(5-3-11)12-9(7-13)6-10(14)8-15-12/h6,8,11H,2-5,14H2,1H3. The molecular weight excluding hydrogens is 216 g/mol. The van der Waals surface area contributed by atoms with Gasteiger partial charge in [-0.25, -0.2) is 4.98 Å². The second-order valence-corrected chi connectivity index (χ2v) is 4.17. The summed E-state index contributed by atoms with van der Waals surface area (Å²) < 4.78 is 5.32. The van der Waals surface area contributed by atoms with Crippen LogP contribution in [0.4, 0.5) is 11.5 Å². The molecular formula is C12H16N4O. The van der Waals surface area contributed by atoms with Crippen molar-refractivity contribution in [1.29, 1.82) is 5.26 Å². The van der Waals surface area contributed by atoms with Crippen LogP contribution < -0.4 is 10.6 Å². The van der Waals surface area contributed by atoms with Crippen molar-refractivity contribution in [2.45, 2.75) is 18.9 Å². The lowest BCUT2D eigenvalue weighted by atomic mass is 10.1. The summed E-state index contributed by atoms with van der Waals surface area (Å²) in [4.78, 5) is 6.38. The minimum Gasteiger partial charge on any atom is -0.397 e. The van der Waals surface area contributed by atoms with Crippen LogP contribution in [0.25, 0.3) is 0 Å². The van der Waals surface area contributed by atoms with Gasteiger partial charge in [-0.2, -0.15) is 5.26 Å². The molecule has 90 valence electrons. The van der Waals surface area contributed by atoms with Gasteiger partial charge in [0.2, 0.25) is 0 Å². The van der Waals surface area contributed by atoms with E-state index in [0.717, 1.165) is 31.7 Å². The Morgan fingerprint density at radius 1 is 1.53 bits per heavy atom. The number of anilines is 2. The number of hydrogen-bond acceptors (Lipinski definition) is 5. The van der Waals surface area contributed by atoms with Crippen LogP contribution >= 0.6 is 0 Å². The highest BCUT2D eigenvalue weighted by atomic mass is 16.5. The lowest BCUT2D eigenvalue weighted by Gasteiger charge is -2.32. The molecule has 1 fully saturated rings. The Morgan fingerprint density at radius 3 is 2.82 bits per heavy atom. The van der Waals surface area contributed by atoms with E-state index in [2.05, 4.69) is 16.0 Å². The molecule has 1 aromatic heterocycles. The van der Waals surface area contributed by atoms with Crippen molar-refractivity contribution in [3.05, 3.63) is 17.8 Å². The summed E-state index contributed by atoms with van der Waals surface area (Å²) in [5.41, 5.74) is 6.69. The Balaban J connectivity index is 2.16. The van der Waals surface area contributed by atoms with Gasteiger partial charge in [0, 0.05) is 20.2 Å². The highest BCUT2D eigenvalue weighted by Gasteiger charge is 2.21. The highest BCUT2D eigenvalue weighted by Crippen LogP contribution is 2.23. The summed E-state index contributed by atoms with van der Waals surface area (Å²) in [5.74, 6) is 0.733. The number of ether oxygens (including phenoxy) is 1. The lowest BCUT2D eigenvalue weighted by molar-refractivity contribution is 0.0818. The summed E-state index contributed by atoms with van der Waals surface area (Å²) in [6.07, 6.45) is 3.85. The van der Waals surface area contributed by atoms with Gasteiger partial charge >= 0.3 is 0 Å². The van der Waals surface area contributed by atoms with Gasteiger partial charge in [-0.3, -0.25) is 0 Å². The highest BCUT2D eigenvalue weighted by molar-refractivity contribution is 5.59. The Labute approximate surface area is 101 Å². The third-order valence-electron chi connectivity index (χ3n) is 3.08. The van der Waals surface area contributed by atoms with Gasteiger partial charge in [0.25, 0.3) is 0 Å². The Kier molecular flexibility index (Phi) is 3.45. The number of nitrogens with two attached hydrogens (primary N) is 1. The molecule has 0 atom stereocenters. The topological polar surface area (TPSA) is 75.2 Å². The zero-order valence-corrected chi connectivity index (χ0v) is 9.89. The molecule has 2 heterocycles. The maximum absolute atomic E-state index is 9.07. The van der Waals surface area contributed by atoms with E-state index in [1.54, 1.807) is 19.4 Å². The van der Waals surface area contributed by atoms with E-state index in [9.17, 15) is 0 Å². The molecule has 1 saturated heterocycles. The van der Waals surface area contributed by atoms with Crippen LogP contribution in [-0.2, 0) is 4.74 Å². The van der Waals surface area contributed by atoms with E-state index in [1.165, 1.54) is 0 Å². The summed E-state index contributed by atoms with van der Waals surface area (Å²) >= 11 is 0. The van der Waals surface area contributed by atoms with Crippen LogP contribution in [0.3, 0.4) is 0 Å². The van der Waals surface area contributed by atoms with Crippen LogP contribution in [0.15, 0.2) is 12.3 Å². The molecule has 0 radical (unpaired) electrons. The van der Waals surface area contributed by atoms with Crippen molar-refractivity contribution in [1.82, 2.24) is 4.98 Å². The van der Waals surface area contributed by atoms with E-state index < -0.39 is 0 Å². The van der Waals surface area contributed by atoms with Gasteiger partial charge in [0.15, 0.2) is 0 Å². The summed E-state index contributed by atoms with van der Waals surface area (Å²) in [5, 5.41) is 9.07. The zero-order valence-electron chi connectivity index (χ0n) is 9.89. The first kappa shape index (κ1) is 11.7. The molecule has 1 aromatic rings. The van der Waals surface area contributed by atoms with Gasteiger partial charge in [-0.05, 0) is 18.9 Å². The van der Waals surface area contributed by atoms with Gasteiger partial charge in [-0.15, -0.1) is 0 Å². The molecule has 1 aliphatic rings. The molecule has 0 spiro atoms. The number of hydrogen-bond donors (Lipinski definition) is 1. The monoisotopic (exact) mass is 232 g/mol. The Morgan fingerprint density at radius 2 is 2.24 bits per heavy atom. The normalized spacial score (nSPS) is 16.8. The Bertz CT molecular complexity index is 433. The molecule has 2 N–H and O–H groups in total. The fourth-order valence-electron chi connectivity index (χ4n) is 2.11. The molecule has 0 saturated carbocycles. The van der Waals surface area contributed by atoms with Crippen LogP contribution in [0.5, 0.6) is 0 Å². The molecule has 2 rings (SSSR count). The predicted molar refractivity (Wildman–Crippen MR) is 65.6 cm³/mol. The van der Waals surface area contributed by atoms with E-state index in [0.29, 0.717) is 17.4 Å². The SMILES string of the molecule is COC1CCN(c2ncc(N)cc2C#N)CC1. The average molecular weight is 232 g/mol. The van der Waals surface area contributed by atoms with Crippen molar-refractivity contribution in [2.24, 2.45) is 0 Å². The zero-order chi connectivity index (χ0) is 12.3. The van der Waals surface area contributed by atoms with Crippen LogP contribution in [0.2, 0.25) is 0 Å². The van der Waals surface area contributed by atoms with E-state index >= 15 is 0 Å². The van der Waals surface area contributed by atoms with Crippen LogP contribution in [0.1, 0.15) is 18.4 Å². The smallest absolute Gasteiger partial charge is 0.146 e. The third kappa shape index (κ3) is 2.48. The minimum absolute atomic E-state index is 0.325. The van der Waals surface area contributed by atoms with E-state index in [1.807, 2.05) is 0 Å². The first-order valence-corrected chi connectivity index (χ1v) is 5.68. The number of pyridine rings is 1. The maximum atomic E-state index is 9.07. The van der Waals surface area contributed by atoms with Gasteiger partial charge < -0.3 is 15.4 Å². The van der Waals surface area contributed by atoms with Gasteiger partial charge in [0.1, 0.15) is 11.9 Å². The number of piperidine rings is 1. The summed E-state index contributed by atoms with van der Waals surface area (Å²) in [7, 11) is 1.74. The molecule has 0 unspecified atom stereocenters. The van der Waals surface area contributed by atoms with Gasteiger partial charge in [-0.1, -0.05) is 0 Å². The molecule has 17 heavy (non-hydrogen) atoms. The summed E-state index contributed by atoms with van der Waals surface area (Å²) in [6.45, 7) is 1.73. The number of aromatic nitrogens is 1. The molecule has 0 aliphatic carbocycles. The van der Waals surface area contributed by atoms with Gasteiger partial charge in [0.05, 0.1) is 23.6 Å². The largest absolute Gasteiger partial charge is 0.397 e. The molecule has 0 aromatic carbocycles. The molecule has 5 heteroatoms. The average Bonchev–Trinajstić information content (AvgIpc) is 2.39. The minimum atomic E-state index is 0.325. The Hall–Kier alpha value is -1.80. The fraction of sp³-hybridized carbons (Fsp3) is 0.500. The second kappa shape index (κ2) is 5.02.